The van der Waals surface area contributed by atoms with Gasteiger partial charge in [0, 0.05) is 0 Å². The van der Waals surface area contributed by atoms with Crippen LogP contribution in [0.2, 0.25) is 15.2 Å². The summed E-state index contributed by atoms with van der Waals surface area (Å²) < 4.78 is 5.60. The molecule has 0 aliphatic carbocycles. The molecule has 2 rings (SSSR count). The second kappa shape index (κ2) is 5.79. The van der Waals surface area contributed by atoms with Crippen molar-refractivity contribution < 1.29 is 4.74 Å². The van der Waals surface area contributed by atoms with Gasteiger partial charge in [-0.25, -0.2) is 4.98 Å². The molecule has 0 atom stereocenters. The quantitative estimate of drug-likeness (QED) is 0.750. The van der Waals surface area contributed by atoms with E-state index in [1.54, 1.807) is 18.2 Å². The molecule has 0 N–H and O–H groups in total. The van der Waals surface area contributed by atoms with E-state index in [9.17, 15) is 0 Å². The molecule has 94 valence electrons. The first-order valence-corrected chi connectivity index (χ1v) is 6.39. The molecule has 1 aromatic heterocycles. The van der Waals surface area contributed by atoms with E-state index < -0.39 is 0 Å². The number of pyridine rings is 1. The normalized spacial score (nSPS) is 10.4. The fourth-order valence-corrected chi connectivity index (χ4v) is 1.92. The minimum absolute atomic E-state index is 0.225. The Morgan fingerprint density at radius 1 is 1.06 bits per heavy atom. The molecule has 0 spiro atoms. The third-order valence-electron chi connectivity index (χ3n) is 2.34. The van der Waals surface area contributed by atoms with E-state index in [1.165, 1.54) is 0 Å². The van der Waals surface area contributed by atoms with Crippen molar-refractivity contribution in [3.8, 4) is 5.75 Å². The van der Waals surface area contributed by atoms with Gasteiger partial charge in [-0.1, -0.05) is 40.9 Å². The van der Waals surface area contributed by atoms with Crippen LogP contribution in [0.15, 0.2) is 30.3 Å². The van der Waals surface area contributed by atoms with E-state index in [1.807, 2.05) is 19.1 Å². The highest BCUT2D eigenvalue weighted by Crippen LogP contribution is 2.27. The van der Waals surface area contributed by atoms with Gasteiger partial charge in [0.05, 0.1) is 15.7 Å². The fourth-order valence-electron chi connectivity index (χ4n) is 1.43. The van der Waals surface area contributed by atoms with Gasteiger partial charge in [0.15, 0.2) is 0 Å². The van der Waals surface area contributed by atoms with Crippen molar-refractivity contribution in [2.75, 3.05) is 0 Å². The number of halogens is 3. The Bertz CT molecular complexity index is 521. The zero-order valence-corrected chi connectivity index (χ0v) is 11.9. The third kappa shape index (κ3) is 3.29. The summed E-state index contributed by atoms with van der Waals surface area (Å²) in [7, 11) is 0. The first-order chi connectivity index (χ1) is 8.56. The first kappa shape index (κ1) is 13.5. The lowest BCUT2D eigenvalue weighted by Gasteiger charge is -2.09. The van der Waals surface area contributed by atoms with Crippen molar-refractivity contribution in [2.24, 2.45) is 0 Å². The smallest absolute Gasteiger partial charge is 0.138 e. The maximum atomic E-state index is 6.03. The highest BCUT2D eigenvalue weighted by Gasteiger charge is 2.07. The summed E-state index contributed by atoms with van der Waals surface area (Å²) in [6.45, 7) is 2.19. The van der Waals surface area contributed by atoms with Gasteiger partial charge in [0.2, 0.25) is 0 Å². The molecule has 1 aromatic carbocycles. The molecule has 0 radical (unpaired) electrons. The topological polar surface area (TPSA) is 22.1 Å². The standard InChI is InChI=1S/C13H10Cl3NO/c1-8-2-3-10(15)12(6-8)18-7-11-9(14)4-5-13(16)17-11/h2-6H,7H2,1H3. The number of aromatic nitrogens is 1. The van der Waals surface area contributed by atoms with Crippen LogP contribution >= 0.6 is 34.8 Å². The molecular formula is C13H10Cl3NO. The molecule has 18 heavy (non-hydrogen) atoms. The van der Waals surface area contributed by atoms with Gasteiger partial charge < -0.3 is 4.74 Å². The number of hydrogen-bond donors (Lipinski definition) is 0. The van der Waals surface area contributed by atoms with Crippen LogP contribution < -0.4 is 4.74 Å². The maximum absolute atomic E-state index is 6.03. The van der Waals surface area contributed by atoms with Crippen LogP contribution in [-0.4, -0.2) is 4.98 Å². The lowest BCUT2D eigenvalue weighted by atomic mass is 10.2. The van der Waals surface area contributed by atoms with Gasteiger partial charge in [-0.2, -0.15) is 0 Å². The van der Waals surface area contributed by atoms with Crippen LogP contribution in [0.25, 0.3) is 0 Å². The van der Waals surface area contributed by atoms with Gasteiger partial charge in [0.25, 0.3) is 0 Å². The fraction of sp³-hybridized carbons (Fsp3) is 0.154. The summed E-state index contributed by atoms with van der Waals surface area (Å²) in [5.41, 5.74) is 1.65. The lowest BCUT2D eigenvalue weighted by Crippen LogP contribution is -2.00. The van der Waals surface area contributed by atoms with Crippen LogP contribution in [0.4, 0.5) is 0 Å². The van der Waals surface area contributed by atoms with Crippen LogP contribution in [0, 0.1) is 6.92 Å². The predicted molar refractivity (Wildman–Crippen MR) is 74.8 cm³/mol. The molecule has 0 amide bonds. The van der Waals surface area contributed by atoms with Gasteiger partial charge >= 0.3 is 0 Å². The van der Waals surface area contributed by atoms with Gasteiger partial charge in [-0.05, 0) is 36.8 Å². The van der Waals surface area contributed by atoms with Crippen LogP contribution in [0.3, 0.4) is 0 Å². The Kier molecular flexibility index (Phi) is 4.33. The summed E-state index contributed by atoms with van der Waals surface area (Å²) in [6.07, 6.45) is 0. The van der Waals surface area contributed by atoms with Crippen molar-refractivity contribution in [3.63, 3.8) is 0 Å². The van der Waals surface area contributed by atoms with Gasteiger partial charge in [-0.3, -0.25) is 0 Å². The molecule has 0 aliphatic rings. The average Bonchev–Trinajstić information content (AvgIpc) is 2.34. The SMILES string of the molecule is Cc1ccc(Cl)c(OCc2nc(Cl)ccc2Cl)c1. The van der Waals surface area contributed by atoms with Crippen molar-refractivity contribution >= 4 is 34.8 Å². The number of hydrogen-bond acceptors (Lipinski definition) is 2. The number of aryl methyl sites for hydroxylation is 1. The van der Waals surface area contributed by atoms with Crippen LogP contribution in [0.1, 0.15) is 11.3 Å². The van der Waals surface area contributed by atoms with E-state index in [4.69, 9.17) is 39.5 Å². The molecule has 1 heterocycles. The summed E-state index contributed by atoms with van der Waals surface area (Å²) in [5, 5.41) is 1.45. The van der Waals surface area contributed by atoms with E-state index in [0.717, 1.165) is 5.56 Å². The Balaban J connectivity index is 2.16. The van der Waals surface area contributed by atoms with Crippen molar-refractivity contribution in [1.82, 2.24) is 4.98 Å². The number of ether oxygens (including phenoxy) is 1. The van der Waals surface area contributed by atoms with Crippen LogP contribution in [0.5, 0.6) is 5.75 Å². The van der Waals surface area contributed by atoms with Crippen molar-refractivity contribution in [2.45, 2.75) is 13.5 Å². The van der Waals surface area contributed by atoms with E-state index in [0.29, 0.717) is 26.6 Å². The molecule has 0 saturated carbocycles. The molecule has 0 fully saturated rings. The molecule has 5 heteroatoms. The van der Waals surface area contributed by atoms with E-state index >= 15 is 0 Å². The highest BCUT2D eigenvalue weighted by molar-refractivity contribution is 6.32. The second-order valence-corrected chi connectivity index (χ2v) is 4.99. The number of nitrogens with zero attached hydrogens (tertiary/aromatic N) is 1. The number of rotatable bonds is 3. The Labute approximate surface area is 120 Å². The zero-order valence-electron chi connectivity index (χ0n) is 9.58. The molecule has 0 bridgehead atoms. The van der Waals surface area contributed by atoms with Crippen LogP contribution in [-0.2, 0) is 6.61 Å². The lowest BCUT2D eigenvalue weighted by molar-refractivity contribution is 0.301. The molecular weight excluding hydrogens is 293 g/mol. The Morgan fingerprint density at radius 3 is 2.56 bits per heavy atom. The first-order valence-electron chi connectivity index (χ1n) is 5.26. The van der Waals surface area contributed by atoms with Gasteiger partial charge in [-0.15, -0.1) is 0 Å². The summed E-state index contributed by atoms with van der Waals surface area (Å²) in [6, 6.07) is 8.89. The van der Waals surface area contributed by atoms with E-state index in [2.05, 4.69) is 4.98 Å². The zero-order chi connectivity index (χ0) is 13.1. The molecule has 0 unspecified atom stereocenters. The molecule has 2 aromatic rings. The average molecular weight is 303 g/mol. The predicted octanol–water partition coefficient (Wildman–Crippen LogP) is 4.93. The Hall–Kier alpha value is -0.960. The van der Waals surface area contributed by atoms with E-state index in [-0.39, 0.29) is 6.61 Å². The molecule has 0 aliphatic heterocycles. The summed E-state index contributed by atoms with van der Waals surface area (Å²) >= 11 is 17.8. The minimum atomic E-state index is 0.225. The maximum Gasteiger partial charge on any atom is 0.138 e. The number of benzene rings is 1. The minimum Gasteiger partial charge on any atom is -0.486 e. The summed E-state index contributed by atoms with van der Waals surface area (Å²) in [5.74, 6) is 0.606. The highest BCUT2D eigenvalue weighted by atomic mass is 35.5. The summed E-state index contributed by atoms with van der Waals surface area (Å²) in [4.78, 5) is 4.11. The van der Waals surface area contributed by atoms with Gasteiger partial charge in [0.1, 0.15) is 17.5 Å². The molecule has 0 saturated heterocycles. The monoisotopic (exact) mass is 301 g/mol. The third-order valence-corrected chi connectivity index (χ3v) is 3.20. The Morgan fingerprint density at radius 2 is 1.78 bits per heavy atom. The van der Waals surface area contributed by atoms with Crippen molar-refractivity contribution in [1.29, 1.82) is 0 Å². The largest absolute Gasteiger partial charge is 0.486 e. The molecule has 2 nitrogen and oxygen atoms in total. The second-order valence-electron chi connectivity index (χ2n) is 3.79. The van der Waals surface area contributed by atoms with Crippen molar-refractivity contribution in [3.05, 3.63) is 56.8 Å².